The van der Waals surface area contributed by atoms with Crippen molar-refractivity contribution >= 4 is 86.6 Å². The fourth-order valence-electron chi connectivity index (χ4n) is 9.66. The van der Waals surface area contributed by atoms with Crippen molar-refractivity contribution in [3.63, 3.8) is 0 Å². The Morgan fingerprint density at radius 2 is 1.41 bits per heavy atom. The third-order valence-electron chi connectivity index (χ3n) is 13.7. The molecule has 0 aromatic heterocycles. The molecule has 2 aromatic rings. The molecule has 26 heteroatoms. The number of carbonyl (C=O) groups excluding carboxylic acids is 10. The SMILES string of the molecule is CCOc1ccc(C[C@H]2NC(=O)CC3(CCCCC3)SSC[C@H](C(=O)N3CCC[C@H]3C(=O)N[C@@H](CCCN=C(N)N)C(=O)NCC(N)=O)NC(=O)[C@H](CC(N)=O)NC(=O)[C@H](C(C)C)NC(=O)[C@H](Cc3ccccc3)NC2=O)cc1. The number of amides is 10. The number of hydrogen-bond acceptors (Lipinski definition) is 14. The maximum absolute atomic E-state index is 15.0. The van der Waals surface area contributed by atoms with E-state index in [1.165, 1.54) is 26.5 Å². The third-order valence-corrected chi connectivity index (χ3v) is 17.0. The van der Waals surface area contributed by atoms with Gasteiger partial charge < -0.3 is 69.8 Å². The summed E-state index contributed by atoms with van der Waals surface area (Å²) in [6.07, 6.45) is 3.75. The molecule has 2 heterocycles. The number of rotatable bonds is 19. The van der Waals surface area contributed by atoms with Crippen LogP contribution in [0.4, 0.5) is 0 Å². The van der Waals surface area contributed by atoms with Crippen molar-refractivity contribution < 1.29 is 52.7 Å². The monoisotopic (exact) mass is 1140 g/mol. The van der Waals surface area contributed by atoms with Crippen LogP contribution in [-0.2, 0) is 60.8 Å². The van der Waals surface area contributed by atoms with Gasteiger partial charge in [0, 0.05) is 42.9 Å². The molecule has 2 aliphatic heterocycles. The Hall–Kier alpha value is -7.09. The summed E-state index contributed by atoms with van der Waals surface area (Å²) in [6.45, 7) is 5.28. The zero-order valence-electron chi connectivity index (χ0n) is 45.1. The highest BCUT2D eigenvalue weighted by Crippen LogP contribution is 2.48. The molecule has 0 unspecified atom stereocenters. The Kier molecular flexibility index (Phi) is 24.5. The van der Waals surface area contributed by atoms with E-state index in [0.29, 0.717) is 42.7 Å². The van der Waals surface area contributed by atoms with Crippen molar-refractivity contribution in [1.29, 1.82) is 0 Å². The molecule has 7 atom stereocenters. The lowest BCUT2D eigenvalue weighted by atomic mass is 9.85. The van der Waals surface area contributed by atoms with Gasteiger partial charge in [-0.25, -0.2) is 0 Å². The number of aliphatic imine (C=N–C) groups is 1. The number of likely N-dealkylation sites (tertiary alicyclic amines) is 1. The van der Waals surface area contributed by atoms with E-state index in [1.54, 1.807) is 68.4 Å². The number of carbonyl (C=O) groups is 10. The Labute approximate surface area is 468 Å². The summed E-state index contributed by atoms with van der Waals surface area (Å²) in [7, 11) is 2.59. The summed E-state index contributed by atoms with van der Waals surface area (Å²) in [5, 5.41) is 19.0. The van der Waals surface area contributed by atoms with Crippen LogP contribution in [0.25, 0.3) is 0 Å². The summed E-state index contributed by atoms with van der Waals surface area (Å²) in [4.78, 5) is 144. The van der Waals surface area contributed by atoms with Gasteiger partial charge in [0.05, 0.1) is 19.6 Å². The van der Waals surface area contributed by atoms with E-state index >= 15 is 0 Å². The summed E-state index contributed by atoms with van der Waals surface area (Å²) < 4.78 is 4.92. The Morgan fingerprint density at radius 3 is 2.04 bits per heavy atom. The number of primary amides is 2. The van der Waals surface area contributed by atoms with Gasteiger partial charge in [-0.2, -0.15) is 0 Å². The number of hydrogen-bond donors (Lipinski definition) is 11. The average molecular weight is 1140 g/mol. The molecule has 432 valence electrons. The smallest absolute Gasteiger partial charge is 0.246 e. The van der Waals surface area contributed by atoms with Gasteiger partial charge >= 0.3 is 0 Å². The second-order valence-electron chi connectivity index (χ2n) is 20.3. The molecule has 10 amide bonds. The minimum absolute atomic E-state index is 0.0131. The molecule has 2 saturated heterocycles. The second kappa shape index (κ2) is 30.9. The molecule has 3 fully saturated rings. The molecular formula is C53H77N13O11S2. The van der Waals surface area contributed by atoms with Crippen LogP contribution in [-0.4, -0.2) is 149 Å². The second-order valence-corrected chi connectivity index (χ2v) is 23.2. The van der Waals surface area contributed by atoms with Crippen LogP contribution in [0.1, 0.15) is 103 Å². The van der Waals surface area contributed by atoms with E-state index < -0.39 is 125 Å². The minimum Gasteiger partial charge on any atom is -0.494 e. The van der Waals surface area contributed by atoms with Crippen LogP contribution < -0.4 is 64.9 Å². The first-order valence-electron chi connectivity index (χ1n) is 26.7. The van der Waals surface area contributed by atoms with Crippen molar-refractivity contribution in [2.24, 2.45) is 33.8 Å². The van der Waals surface area contributed by atoms with Gasteiger partial charge in [-0.05, 0) is 74.6 Å². The van der Waals surface area contributed by atoms with Gasteiger partial charge in [-0.1, -0.05) is 97.2 Å². The first-order valence-corrected chi connectivity index (χ1v) is 29.1. The fraction of sp³-hybridized carbons (Fsp3) is 0.566. The first kappa shape index (κ1) is 62.7. The molecule has 1 saturated carbocycles. The number of nitrogens with zero attached hydrogens (tertiary/aromatic N) is 2. The lowest BCUT2D eigenvalue weighted by Crippen LogP contribution is -2.61. The Balaban J connectivity index is 1.52. The van der Waals surface area contributed by atoms with Crippen LogP contribution in [0, 0.1) is 5.92 Å². The van der Waals surface area contributed by atoms with Gasteiger partial charge in [-0.15, -0.1) is 0 Å². The predicted molar refractivity (Wildman–Crippen MR) is 299 cm³/mol. The lowest BCUT2D eigenvalue weighted by Gasteiger charge is -2.37. The number of guanidine groups is 1. The molecule has 24 nitrogen and oxygen atoms in total. The number of nitrogens with one attached hydrogen (secondary N) is 7. The summed E-state index contributed by atoms with van der Waals surface area (Å²) >= 11 is 0. The van der Waals surface area contributed by atoms with Crippen molar-refractivity contribution in [2.45, 2.75) is 151 Å². The number of nitrogens with two attached hydrogens (primary N) is 4. The molecule has 2 aromatic carbocycles. The van der Waals surface area contributed by atoms with Gasteiger partial charge in [0.25, 0.3) is 0 Å². The molecule has 5 rings (SSSR count). The molecule has 0 bridgehead atoms. The molecule has 1 aliphatic carbocycles. The molecule has 3 aliphatic rings. The molecule has 0 radical (unpaired) electrons. The quantitative estimate of drug-likeness (QED) is 0.0364. The largest absolute Gasteiger partial charge is 0.494 e. The topological polar surface area (TPSA) is 384 Å². The van der Waals surface area contributed by atoms with Crippen molar-refractivity contribution in [3.8, 4) is 5.75 Å². The summed E-state index contributed by atoms with van der Waals surface area (Å²) in [6, 6.07) is 6.83. The van der Waals surface area contributed by atoms with Gasteiger partial charge in [-0.3, -0.25) is 52.9 Å². The molecule has 15 N–H and O–H groups in total. The van der Waals surface area contributed by atoms with E-state index in [4.69, 9.17) is 27.7 Å². The third kappa shape index (κ3) is 20.0. The Bertz CT molecular complexity index is 2490. The molecule has 1 spiro atoms. The summed E-state index contributed by atoms with van der Waals surface area (Å²) in [5.74, 6) is -7.88. The zero-order valence-corrected chi connectivity index (χ0v) is 46.7. The van der Waals surface area contributed by atoms with E-state index in [9.17, 15) is 47.9 Å². The van der Waals surface area contributed by atoms with E-state index in [0.717, 1.165) is 19.3 Å². The number of ether oxygens (including phenoxy) is 1. The predicted octanol–water partition coefficient (Wildman–Crippen LogP) is -0.555. The number of benzene rings is 2. The highest BCUT2D eigenvalue weighted by atomic mass is 33.1. The van der Waals surface area contributed by atoms with Crippen molar-refractivity contribution in [1.82, 2.24) is 42.1 Å². The van der Waals surface area contributed by atoms with E-state index in [1.807, 2.05) is 6.92 Å². The lowest BCUT2D eigenvalue weighted by molar-refractivity contribution is -0.142. The zero-order chi connectivity index (χ0) is 57.6. The highest BCUT2D eigenvalue weighted by molar-refractivity contribution is 8.77. The normalized spacial score (nSPS) is 22.9. The Morgan fingerprint density at radius 1 is 0.772 bits per heavy atom. The van der Waals surface area contributed by atoms with Gasteiger partial charge in [0.15, 0.2) is 5.96 Å². The van der Waals surface area contributed by atoms with Gasteiger partial charge in [0.2, 0.25) is 59.1 Å². The van der Waals surface area contributed by atoms with Crippen LogP contribution in [0.2, 0.25) is 0 Å². The van der Waals surface area contributed by atoms with Crippen LogP contribution in [0.5, 0.6) is 5.75 Å². The van der Waals surface area contributed by atoms with E-state index in [-0.39, 0.29) is 63.3 Å². The summed E-state index contributed by atoms with van der Waals surface area (Å²) in [5.41, 5.74) is 23.2. The van der Waals surface area contributed by atoms with Crippen molar-refractivity contribution in [2.75, 3.05) is 32.0 Å². The van der Waals surface area contributed by atoms with Crippen LogP contribution in [0.15, 0.2) is 59.6 Å². The maximum atomic E-state index is 15.0. The highest BCUT2D eigenvalue weighted by Gasteiger charge is 2.42. The molecular weight excluding hydrogens is 1060 g/mol. The average Bonchev–Trinajstić information content (AvgIpc) is 3.91. The van der Waals surface area contributed by atoms with Crippen molar-refractivity contribution in [3.05, 3.63) is 65.7 Å². The van der Waals surface area contributed by atoms with Crippen LogP contribution in [0.3, 0.4) is 0 Å². The van der Waals surface area contributed by atoms with Gasteiger partial charge in [0.1, 0.15) is 48.0 Å². The maximum Gasteiger partial charge on any atom is 0.246 e. The first-order chi connectivity index (χ1) is 37.7. The minimum atomic E-state index is -1.66. The fourth-order valence-corrected chi connectivity index (χ4v) is 13.0. The van der Waals surface area contributed by atoms with E-state index in [2.05, 4.69) is 42.2 Å². The molecule has 79 heavy (non-hydrogen) atoms. The standard InChI is InChI=1S/C53H77N13O11S2/c1-4-77-34-19-17-33(18-20-34)26-36-46(71)62-37(25-32-13-7-5-8-14-32)48(73)65-44(31(2)3)50(75)63-38(27-41(54)67)47(72)64-39(30-78-79-53(28-43(69)60-36)21-9-6-10-22-53)51(76)66-24-12-16-40(66)49(74)61-35(15-11-23-58-52(56)57)45(70)59-29-42(55)68/h5,7-8,13-14,17-20,31,35-40,44H,4,6,9-12,15-16,21-30H2,1-3H3,(H2,54,67)(H2,55,68)(H,59,70)(H,60,69)(H,61,74)(H,62,71)(H,63,75)(H,64,72)(H,65,73)(H4,56,57,58)/t35-,36+,37-,38-,39+,40-,44-/m0/s1. The van der Waals surface area contributed by atoms with Crippen LogP contribution >= 0.6 is 21.6 Å².